The van der Waals surface area contributed by atoms with E-state index in [4.69, 9.17) is 9.47 Å². The van der Waals surface area contributed by atoms with Crippen LogP contribution in [0.25, 0.3) is 0 Å². The minimum atomic E-state index is -0.724. The summed E-state index contributed by atoms with van der Waals surface area (Å²) in [5.41, 5.74) is 1.13. The first-order valence-corrected chi connectivity index (χ1v) is 7.79. The highest BCUT2D eigenvalue weighted by atomic mass is 32.2. The van der Waals surface area contributed by atoms with Crippen LogP contribution >= 0.6 is 0 Å². The molecule has 1 aromatic rings. The summed E-state index contributed by atoms with van der Waals surface area (Å²) in [5, 5.41) is 3.45. The lowest BCUT2D eigenvalue weighted by atomic mass is 10.1. The monoisotopic (exact) mass is 267 g/mol. The largest absolute Gasteiger partial charge is 0.486 e. The molecule has 5 heteroatoms. The van der Waals surface area contributed by atoms with Crippen molar-refractivity contribution >= 4 is 10.8 Å². The number of fused-ring (bicyclic) bond motifs is 1. The van der Waals surface area contributed by atoms with Crippen LogP contribution in [0.15, 0.2) is 18.2 Å². The molecule has 4 nitrogen and oxygen atoms in total. The molecule has 2 aliphatic rings. The van der Waals surface area contributed by atoms with Gasteiger partial charge in [-0.2, -0.15) is 0 Å². The molecule has 0 aromatic heterocycles. The Morgan fingerprint density at radius 1 is 1.22 bits per heavy atom. The van der Waals surface area contributed by atoms with Gasteiger partial charge in [-0.15, -0.1) is 0 Å². The predicted octanol–water partition coefficient (Wildman–Crippen LogP) is 1.24. The molecule has 2 atom stereocenters. The van der Waals surface area contributed by atoms with Gasteiger partial charge in [0, 0.05) is 28.3 Å². The SMILES string of the molecule is O=S1CCCNC(c2ccc3c(c2)OCCO3)C1. The van der Waals surface area contributed by atoms with Crippen molar-refractivity contribution in [1.82, 2.24) is 5.32 Å². The second kappa shape index (κ2) is 5.28. The third-order valence-electron chi connectivity index (χ3n) is 3.26. The van der Waals surface area contributed by atoms with Crippen LogP contribution in [0.2, 0.25) is 0 Å². The minimum absolute atomic E-state index is 0.157. The highest BCUT2D eigenvalue weighted by Gasteiger charge is 2.20. The molecule has 1 fully saturated rings. The fraction of sp³-hybridized carbons (Fsp3) is 0.538. The number of hydrogen-bond acceptors (Lipinski definition) is 4. The molecule has 2 heterocycles. The second-order valence-electron chi connectivity index (χ2n) is 4.57. The van der Waals surface area contributed by atoms with E-state index in [9.17, 15) is 4.21 Å². The Balaban J connectivity index is 1.84. The van der Waals surface area contributed by atoms with Gasteiger partial charge in [-0.3, -0.25) is 4.21 Å². The van der Waals surface area contributed by atoms with Crippen molar-refractivity contribution in [2.24, 2.45) is 0 Å². The van der Waals surface area contributed by atoms with Gasteiger partial charge in [0.15, 0.2) is 11.5 Å². The summed E-state index contributed by atoms with van der Waals surface area (Å²) in [6.45, 7) is 2.13. The molecule has 2 aliphatic heterocycles. The van der Waals surface area contributed by atoms with E-state index in [1.807, 2.05) is 18.2 Å². The lowest BCUT2D eigenvalue weighted by Gasteiger charge is -2.21. The molecule has 3 rings (SSSR count). The van der Waals surface area contributed by atoms with Crippen molar-refractivity contribution in [1.29, 1.82) is 0 Å². The highest BCUT2D eigenvalue weighted by molar-refractivity contribution is 7.85. The third kappa shape index (κ3) is 2.52. The first-order chi connectivity index (χ1) is 8.83. The summed E-state index contributed by atoms with van der Waals surface area (Å²) in [5.74, 6) is 3.09. The Morgan fingerprint density at radius 2 is 2.06 bits per heavy atom. The predicted molar refractivity (Wildman–Crippen MR) is 70.7 cm³/mol. The van der Waals surface area contributed by atoms with Gasteiger partial charge in [0.25, 0.3) is 0 Å². The minimum Gasteiger partial charge on any atom is -0.486 e. The van der Waals surface area contributed by atoms with E-state index in [-0.39, 0.29) is 6.04 Å². The van der Waals surface area contributed by atoms with Gasteiger partial charge in [-0.25, -0.2) is 0 Å². The van der Waals surface area contributed by atoms with E-state index in [0.717, 1.165) is 35.8 Å². The zero-order valence-corrected chi connectivity index (χ0v) is 11.0. The third-order valence-corrected chi connectivity index (χ3v) is 4.71. The lowest BCUT2D eigenvalue weighted by Crippen LogP contribution is -2.24. The van der Waals surface area contributed by atoms with E-state index in [2.05, 4.69) is 5.32 Å². The zero-order valence-electron chi connectivity index (χ0n) is 10.2. The number of rotatable bonds is 1. The van der Waals surface area contributed by atoms with Crippen LogP contribution in [-0.2, 0) is 10.8 Å². The van der Waals surface area contributed by atoms with E-state index >= 15 is 0 Å². The molecule has 0 radical (unpaired) electrons. The van der Waals surface area contributed by atoms with Crippen molar-refractivity contribution < 1.29 is 13.7 Å². The fourth-order valence-electron chi connectivity index (χ4n) is 2.33. The van der Waals surface area contributed by atoms with Gasteiger partial charge >= 0.3 is 0 Å². The molecular weight excluding hydrogens is 250 g/mol. The van der Waals surface area contributed by atoms with Gasteiger partial charge in [0.05, 0.1) is 0 Å². The van der Waals surface area contributed by atoms with Crippen molar-refractivity contribution in [3.8, 4) is 11.5 Å². The van der Waals surface area contributed by atoms with Gasteiger partial charge in [-0.05, 0) is 30.7 Å². The van der Waals surface area contributed by atoms with Crippen LogP contribution in [0.3, 0.4) is 0 Å². The molecule has 0 saturated carbocycles. The first kappa shape index (κ1) is 12.0. The number of hydrogen-bond donors (Lipinski definition) is 1. The molecule has 18 heavy (non-hydrogen) atoms. The Morgan fingerprint density at radius 3 is 2.94 bits per heavy atom. The van der Waals surface area contributed by atoms with E-state index in [1.54, 1.807) is 0 Å². The van der Waals surface area contributed by atoms with Gasteiger partial charge < -0.3 is 14.8 Å². The Bertz CT molecular complexity index is 464. The number of nitrogens with one attached hydrogen (secondary N) is 1. The standard InChI is InChI=1S/C13H17NO3S/c15-18-7-1-4-14-11(9-18)10-2-3-12-13(8-10)17-6-5-16-12/h2-3,8,11,14H,1,4-7,9H2. The van der Waals surface area contributed by atoms with E-state index < -0.39 is 10.8 Å². The maximum atomic E-state index is 11.8. The Labute approximate surface area is 109 Å². The average Bonchev–Trinajstić information content (AvgIpc) is 2.63. The normalized spacial score (nSPS) is 27.6. The van der Waals surface area contributed by atoms with E-state index in [0.29, 0.717) is 19.0 Å². The highest BCUT2D eigenvalue weighted by Crippen LogP contribution is 2.33. The summed E-state index contributed by atoms with van der Waals surface area (Å²) in [7, 11) is -0.724. The van der Waals surface area contributed by atoms with Crippen LogP contribution in [0.4, 0.5) is 0 Å². The van der Waals surface area contributed by atoms with Gasteiger partial charge in [0.2, 0.25) is 0 Å². The zero-order chi connectivity index (χ0) is 12.4. The molecule has 0 spiro atoms. The number of benzene rings is 1. The van der Waals surface area contributed by atoms with Crippen molar-refractivity contribution in [2.45, 2.75) is 12.5 Å². The number of ether oxygens (including phenoxy) is 2. The molecule has 1 saturated heterocycles. The van der Waals surface area contributed by atoms with Crippen LogP contribution in [0.5, 0.6) is 11.5 Å². The summed E-state index contributed by atoms with van der Waals surface area (Å²) >= 11 is 0. The first-order valence-electron chi connectivity index (χ1n) is 6.31. The second-order valence-corrected chi connectivity index (χ2v) is 6.20. The molecule has 0 aliphatic carbocycles. The molecule has 2 unspecified atom stereocenters. The molecule has 0 amide bonds. The van der Waals surface area contributed by atoms with Crippen LogP contribution in [0.1, 0.15) is 18.0 Å². The van der Waals surface area contributed by atoms with E-state index in [1.165, 1.54) is 0 Å². The molecule has 98 valence electrons. The topological polar surface area (TPSA) is 47.6 Å². The summed E-state index contributed by atoms with van der Waals surface area (Å²) < 4.78 is 22.9. The maximum Gasteiger partial charge on any atom is 0.161 e. The molecular formula is C13H17NO3S. The quantitative estimate of drug-likeness (QED) is 0.831. The smallest absolute Gasteiger partial charge is 0.161 e. The van der Waals surface area contributed by atoms with Crippen molar-refractivity contribution in [3.05, 3.63) is 23.8 Å². The average molecular weight is 267 g/mol. The van der Waals surface area contributed by atoms with Crippen LogP contribution in [-0.4, -0.2) is 35.5 Å². The molecule has 1 N–H and O–H groups in total. The Hall–Kier alpha value is -1.07. The maximum absolute atomic E-state index is 11.8. The molecule has 1 aromatic carbocycles. The summed E-state index contributed by atoms with van der Waals surface area (Å²) in [6.07, 6.45) is 0.980. The van der Waals surface area contributed by atoms with Crippen LogP contribution in [0, 0.1) is 0 Å². The summed E-state index contributed by atoms with van der Waals surface area (Å²) in [4.78, 5) is 0. The van der Waals surface area contributed by atoms with Gasteiger partial charge in [0.1, 0.15) is 13.2 Å². The van der Waals surface area contributed by atoms with Crippen molar-refractivity contribution in [2.75, 3.05) is 31.3 Å². The Kier molecular flexibility index (Phi) is 3.52. The lowest BCUT2D eigenvalue weighted by molar-refractivity contribution is 0.171. The summed E-state index contributed by atoms with van der Waals surface area (Å²) in [6, 6.07) is 6.14. The fourth-order valence-corrected chi connectivity index (χ4v) is 3.64. The van der Waals surface area contributed by atoms with Gasteiger partial charge in [-0.1, -0.05) is 6.07 Å². The van der Waals surface area contributed by atoms with Crippen LogP contribution < -0.4 is 14.8 Å². The van der Waals surface area contributed by atoms with Crippen molar-refractivity contribution in [3.63, 3.8) is 0 Å². The molecule has 0 bridgehead atoms.